The maximum absolute atomic E-state index is 12.0. The molecule has 0 heterocycles. The fourth-order valence-corrected chi connectivity index (χ4v) is 2.32. The summed E-state index contributed by atoms with van der Waals surface area (Å²) in [5, 5.41) is 0. The summed E-state index contributed by atoms with van der Waals surface area (Å²) in [7, 11) is 0. The number of alkyl halides is 1. The number of hydrogen-bond donors (Lipinski definition) is 0. The molecule has 0 amide bonds. The lowest BCUT2D eigenvalue weighted by Gasteiger charge is -2.10. The Bertz CT molecular complexity index is 443. The fourth-order valence-electron chi connectivity index (χ4n) is 1.35. The highest BCUT2D eigenvalue weighted by Crippen LogP contribution is 2.21. The summed E-state index contributed by atoms with van der Waals surface area (Å²) < 4.78 is 5.69. The number of Topliss-reactive ketones (excluding diaryl/α,β-unsaturated/α-hetero) is 1. The van der Waals surface area contributed by atoms with E-state index in [0.717, 1.165) is 3.57 Å². The van der Waals surface area contributed by atoms with E-state index in [-0.39, 0.29) is 10.6 Å². The first kappa shape index (κ1) is 14.6. The zero-order chi connectivity index (χ0) is 13.0. The highest BCUT2D eigenvalue weighted by atomic mass is 127. The van der Waals surface area contributed by atoms with Gasteiger partial charge in [0.05, 0.1) is 17.0 Å². The minimum atomic E-state index is -0.450. The van der Waals surface area contributed by atoms with E-state index < -0.39 is 5.97 Å². The smallest absolute Gasteiger partial charge is 0.339 e. The summed E-state index contributed by atoms with van der Waals surface area (Å²) in [6.45, 7) is 3.76. The third kappa shape index (κ3) is 3.51. The van der Waals surface area contributed by atoms with Gasteiger partial charge in [-0.15, -0.1) is 0 Å². The average Bonchev–Trinajstić information content (AvgIpc) is 2.27. The summed E-state index contributed by atoms with van der Waals surface area (Å²) in [6, 6.07) is 5.18. The van der Waals surface area contributed by atoms with E-state index in [1.165, 1.54) is 0 Å². The molecule has 17 heavy (non-hydrogen) atoms. The standard InChI is InChI=1S/C12H12BrIO3/c1-3-17-12(16)10-8(11(15)7(2)13)5-4-6-9(10)14/h4-7H,3H2,1-2H3. The number of halogens is 2. The molecule has 0 saturated heterocycles. The van der Waals surface area contributed by atoms with Crippen molar-refractivity contribution in [1.82, 2.24) is 0 Å². The van der Waals surface area contributed by atoms with Crippen molar-refractivity contribution >= 4 is 50.3 Å². The van der Waals surface area contributed by atoms with Crippen LogP contribution in [0.3, 0.4) is 0 Å². The summed E-state index contributed by atoms with van der Waals surface area (Å²) in [6.07, 6.45) is 0. The van der Waals surface area contributed by atoms with E-state index in [9.17, 15) is 9.59 Å². The molecule has 5 heteroatoms. The molecule has 0 bridgehead atoms. The van der Waals surface area contributed by atoms with Crippen molar-refractivity contribution in [2.75, 3.05) is 6.61 Å². The number of hydrogen-bond acceptors (Lipinski definition) is 3. The molecule has 3 nitrogen and oxygen atoms in total. The van der Waals surface area contributed by atoms with Gasteiger partial charge in [-0.3, -0.25) is 4.79 Å². The Morgan fingerprint density at radius 2 is 2.12 bits per heavy atom. The van der Waals surface area contributed by atoms with Gasteiger partial charge in [0.15, 0.2) is 5.78 Å². The second-order valence-corrected chi connectivity index (χ2v) is 5.90. The van der Waals surface area contributed by atoms with Gasteiger partial charge in [-0.25, -0.2) is 4.79 Å². The molecule has 1 atom stereocenters. The van der Waals surface area contributed by atoms with E-state index in [1.807, 2.05) is 22.6 Å². The lowest BCUT2D eigenvalue weighted by molar-refractivity contribution is 0.0522. The second-order valence-electron chi connectivity index (χ2n) is 3.36. The van der Waals surface area contributed by atoms with Gasteiger partial charge in [0.25, 0.3) is 0 Å². The van der Waals surface area contributed by atoms with Crippen LogP contribution in [0.1, 0.15) is 34.6 Å². The molecule has 0 aliphatic carbocycles. The molecule has 0 saturated carbocycles. The molecule has 1 aromatic carbocycles. The quantitative estimate of drug-likeness (QED) is 0.330. The highest BCUT2D eigenvalue weighted by Gasteiger charge is 2.22. The van der Waals surface area contributed by atoms with Gasteiger partial charge in [0, 0.05) is 9.13 Å². The maximum Gasteiger partial charge on any atom is 0.339 e. The number of carbonyl (C=O) groups excluding carboxylic acids is 2. The van der Waals surface area contributed by atoms with Crippen LogP contribution in [0.2, 0.25) is 0 Å². The van der Waals surface area contributed by atoms with E-state index in [4.69, 9.17) is 4.74 Å². The number of carbonyl (C=O) groups is 2. The molecule has 0 aliphatic heterocycles. The van der Waals surface area contributed by atoms with Gasteiger partial charge in [-0.2, -0.15) is 0 Å². The summed E-state index contributed by atoms with van der Waals surface area (Å²) >= 11 is 5.25. The Morgan fingerprint density at radius 3 is 2.65 bits per heavy atom. The van der Waals surface area contributed by atoms with Gasteiger partial charge >= 0.3 is 5.97 Å². The highest BCUT2D eigenvalue weighted by molar-refractivity contribution is 14.1. The van der Waals surface area contributed by atoms with Crippen LogP contribution in [-0.2, 0) is 4.74 Å². The van der Waals surface area contributed by atoms with Gasteiger partial charge in [0.1, 0.15) is 0 Å². The summed E-state index contributed by atoms with van der Waals surface area (Å²) in [5.41, 5.74) is 0.756. The minimum absolute atomic E-state index is 0.119. The molecule has 0 aliphatic rings. The summed E-state index contributed by atoms with van der Waals surface area (Å²) in [4.78, 5) is 23.5. The SMILES string of the molecule is CCOC(=O)c1c(I)cccc1C(=O)C(C)Br. The Kier molecular flexibility index (Phi) is 5.58. The van der Waals surface area contributed by atoms with Crippen molar-refractivity contribution in [1.29, 1.82) is 0 Å². The number of ketones is 1. The Morgan fingerprint density at radius 1 is 1.47 bits per heavy atom. The molecule has 1 rings (SSSR count). The van der Waals surface area contributed by atoms with Crippen molar-refractivity contribution in [3.63, 3.8) is 0 Å². The van der Waals surface area contributed by atoms with Crippen molar-refractivity contribution < 1.29 is 14.3 Å². The Labute approximate surface area is 122 Å². The van der Waals surface area contributed by atoms with Crippen molar-refractivity contribution in [2.45, 2.75) is 18.7 Å². The van der Waals surface area contributed by atoms with Crippen LogP contribution in [-0.4, -0.2) is 23.2 Å². The maximum atomic E-state index is 12.0. The average molecular weight is 411 g/mol. The van der Waals surface area contributed by atoms with Gasteiger partial charge in [-0.1, -0.05) is 28.1 Å². The first-order chi connectivity index (χ1) is 7.99. The molecule has 1 unspecified atom stereocenters. The third-order valence-electron chi connectivity index (χ3n) is 2.12. The van der Waals surface area contributed by atoms with Gasteiger partial charge in [-0.05, 0) is 42.5 Å². The number of rotatable bonds is 4. The zero-order valence-electron chi connectivity index (χ0n) is 9.50. The lowest BCUT2D eigenvalue weighted by Crippen LogP contribution is -2.18. The first-order valence-corrected chi connectivity index (χ1v) is 7.12. The van der Waals surface area contributed by atoms with E-state index >= 15 is 0 Å². The van der Waals surface area contributed by atoms with E-state index in [1.54, 1.807) is 32.0 Å². The van der Waals surface area contributed by atoms with Crippen LogP contribution in [0, 0.1) is 3.57 Å². The number of esters is 1. The van der Waals surface area contributed by atoms with Crippen LogP contribution in [0.15, 0.2) is 18.2 Å². The van der Waals surface area contributed by atoms with E-state index in [2.05, 4.69) is 15.9 Å². The Hall–Kier alpha value is -0.430. The second kappa shape index (κ2) is 6.49. The zero-order valence-corrected chi connectivity index (χ0v) is 13.2. The molecule has 0 spiro atoms. The normalized spacial score (nSPS) is 12.0. The number of ether oxygens (including phenoxy) is 1. The molecular weight excluding hydrogens is 399 g/mol. The minimum Gasteiger partial charge on any atom is -0.462 e. The van der Waals surface area contributed by atoms with E-state index in [0.29, 0.717) is 17.7 Å². The third-order valence-corrected chi connectivity index (χ3v) is 3.43. The van der Waals surface area contributed by atoms with Gasteiger partial charge in [0.2, 0.25) is 0 Å². The first-order valence-electron chi connectivity index (χ1n) is 5.13. The van der Waals surface area contributed by atoms with Crippen LogP contribution in [0.25, 0.3) is 0 Å². The van der Waals surface area contributed by atoms with Crippen molar-refractivity contribution in [3.05, 3.63) is 32.9 Å². The lowest BCUT2D eigenvalue weighted by atomic mass is 10.0. The topological polar surface area (TPSA) is 43.4 Å². The molecule has 92 valence electrons. The van der Waals surface area contributed by atoms with Crippen molar-refractivity contribution in [3.8, 4) is 0 Å². The predicted octanol–water partition coefficient (Wildman–Crippen LogP) is 3.43. The Balaban J connectivity index is 3.26. The molecule has 0 radical (unpaired) electrons. The molecule has 0 N–H and O–H groups in total. The molecular formula is C12H12BrIO3. The van der Waals surface area contributed by atoms with Crippen LogP contribution >= 0.6 is 38.5 Å². The van der Waals surface area contributed by atoms with Crippen molar-refractivity contribution in [2.24, 2.45) is 0 Å². The predicted molar refractivity (Wildman–Crippen MR) is 77.8 cm³/mol. The summed E-state index contributed by atoms with van der Waals surface area (Å²) in [5.74, 6) is -0.569. The molecule has 0 aromatic heterocycles. The molecule has 0 fully saturated rings. The monoisotopic (exact) mass is 410 g/mol. The van der Waals surface area contributed by atoms with Crippen LogP contribution in [0.5, 0.6) is 0 Å². The van der Waals surface area contributed by atoms with Crippen LogP contribution in [0.4, 0.5) is 0 Å². The largest absolute Gasteiger partial charge is 0.462 e. The fraction of sp³-hybridized carbons (Fsp3) is 0.333. The van der Waals surface area contributed by atoms with Crippen LogP contribution < -0.4 is 0 Å². The van der Waals surface area contributed by atoms with Gasteiger partial charge < -0.3 is 4.74 Å². The molecule has 1 aromatic rings. The number of benzene rings is 1.